The molecule has 0 spiro atoms. The van der Waals surface area contributed by atoms with E-state index in [1.807, 2.05) is 42.2 Å². The van der Waals surface area contributed by atoms with Crippen LogP contribution >= 0.6 is 0 Å². The second-order valence-electron chi connectivity index (χ2n) is 9.15. The maximum atomic E-state index is 13.4. The molecule has 2 fully saturated rings. The number of rotatable bonds is 5. The summed E-state index contributed by atoms with van der Waals surface area (Å²) < 4.78 is 0. The molecule has 1 atom stereocenters. The van der Waals surface area contributed by atoms with Gasteiger partial charge in [0.25, 0.3) is 5.91 Å². The number of hydrogen-bond donors (Lipinski definition) is 2. The Kier molecular flexibility index (Phi) is 8.13. The Labute approximate surface area is 206 Å². The van der Waals surface area contributed by atoms with Crippen molar-refractivity contribution < 1.29 is 14.4 Å². The zero-order valence-corrected chi connectivity index (χ0v) is 20.2. The fourth-order valence-electron chi connectivity index (χ4n) is 4.47. The smallest absolute Gasteiger partial charge is 0.257 e. The van der Waals surface area contributed by atoms with Gasteiger partial charge in [-0.15, -0.1) is 0 Å². The van der Waals surface area contributed by atoms with E-state index in [1.54, 1.807) is 29.2 Å². The van der Waals surface area contributed by atoms with Gasteiger partial charge in [-0.3, -0.25) is 19.7 Å². The number of likely N-dealkylation sites (tertiary alicyclic amines) is 2. The summed E-state index contributed by atoms with van der Waals surface area (Å²) in [5.41, 5.74) is 2.32. The fourth-order valence-corrected chi connectivity index (χ4v) is 4.47. The molecule has 2 aromatic carbocycles. The molecule has 35 heavy (non-hydrogen) atoms. The third-order valence-corrected chi connectivity index (χ3v) is 6.37. The maximum absolute atomic E-state index is 13.4. The van der Waals surface area contributed by atoms with Crippen molar-refractivity contribution in [2.24, 2.45) is 4.99 Å². The van der Waals surface area contributed by atoms with Crippen molar-refractivity contribution in [3.8, 4) is 0 Å². The van der Waals surface area contributed by atoms with Crippen molar-refractivity contribution >= 4 is 29.4 Å². The van der Waals surface area contributed by atoms with Gasteiger partial charge in [0.05, 0.1) is 6.54 Å². The molecule has 0 aliphatic carbocycles. The summed E-state index contributed by atoms with van der Waals surface area (Å²) in [5, 5.41) is 6.03. The van der Waals surface area contributed by atoms with E-state index in [0.29, 0.717) is 18.5 Å². The highest BCUT2D eigenvalue weighted by Gasteiger charge is 2.30. The Morgan fingerprint density at radius 1 is 0.971 bits per heavy atom. The van der Waals surface area contributed by atoms with Gasteiger partial charge in [-0.25, -0.2) is 4.99 Å². The van der Waals surface area contributed by atoms with Crippen LogP contribution in [-0.4, -0.2) is 65.7 Å². The number of nitrogens with zero attached hydrogens (tertiary/aromatic N) is 3. The van der Waals surface area contributed by atoms with Gasteiger partial charge in [-0.1, -0.05) is 30.3 Å². The monoisotopic (exact) mass is 475 g/mol. The van der Waals surface area contributed by atoms with Gasteiger partial charge in [0.1, 0.15) is 6.04 Å². The molecule has 1 unspecified atom stereocenters. The first kappa shape index (κ1) is 24.4. The Balaban J connectivity index is 1.54. The number of benzene rings is 2. The molecule has 2 aliphatic heterocycles. The zero-order valence-electron chi connectivity index (χ0n) is 20.2. The molecule has 0 aromatic heterocycles. The first-order valence-corrected chi connectivity index (χ1v) is 12.3. The third kappa shape index (κ3) is 6.68. The van der Waals surface area contributed by atoms with Crippen molar-refractivity contribution in [3.63, 3.8) is 0 Å². The summed E-state index contributed by atoms with van der Waals surface area (Å²) in [6, 6.07) is 15.9. The molecule has 3 amide bonds. The van der Waals surface area contributed by atoms with Gasteiger partial charge < -0.3 is 15.1 Å². The van der Waals surface area contributed by atoms with Crippen molar-refractivity contribution in [1.29, 1.82) is 0 Å². The van der Waals surface area contributed by atoms with Gasteiger partial charge >= 0.3 is 0 Å². The summed E-state index contributed by atoms with van der Waals surface area (Å²) in [4.78, 5) is 47.1. The lowest BCUT2D eigenvalue weighted by atomic mass is 10.1. The third-order valence-electron chi connectivity index (χ3n) is 6.37. The van der Waals surface area contributed by atoms with Crippen LogP contribution in [0.4, 0.5) is 5.69 Å². The molecule has 2 aromatic rings. The van der Waals surface area contributed by atoms with Gasteiger partial charge in [-0.2, -0.15) is 0 Å². The molecule has 0 bridgehead atoms. The number of nitrogens with one attached hydrogen (secondary N) is 2. The van der Waals surface area contributed by atoms with Crippen LogP contribution in [0.2, 0.25) is 0 Å². The van der Waals surface area contributed by atoms with E-state index >= 15 is 0 Å². The average molecular weight is 476 g/mol. The van der Waals surface area contributed by atoms with Crippen LogP contribution in [0.1, 0.15) is 48.0 Å². The Morgan fingerprint density at radius 2 is 1.71 bits per heavy atom. The van der Waals surface area contributed by atoms with Crippen LogP contribution in [0.3, 0.4) is 0 Å². The first-order chi connectivity index (χ1) is 17.0. The van der Waals surface area contributed by atoms with Crippen molar-refractivity contribution in [2.45, 2.75) is 45.1 Å². The lowest BCUT2D eigenvalue weighted by Crippen LogP contribution is -2.45. The highest BCUT2D eigenvalue weighted by Crippen LogP contribution is 2.17. The Hall–Kier alpha value is -3.68. The zero-order chi connectivity index (χ0) is 24.6. The largest absolute Gasteiger partial charge is 0.341 e. The van der Waals surface area contributed by atoms with Crippen LogP contribution in [0, 0.1) is 6.92 Å². The minimum atomic E-state index is -0.674. The summed E-state index contributed by atoms with van der Waals surface area (Å²) in [5.74, 6) is -0.273. The Bertz CT molecular complexity index is 1080. The molecule has 184 valence electrons. The molecule has 4 rings (SSSR count). The highest BCUT2D eigenvalue weighted by atomic mass is 16.2. The topological polar surface area (TPSA) is 94.1 Å². The van der Waals surface area contributed by atoms with E-state index in [0.717, 1.165) is 50.0 Å². The van der Waals surface area contributed by atoms with E-state index in [2.05, 4.69) is 15.6 Å². The van der Waals surface area contributed by atoms with Crippen LogP contribution in [0.15, 0.2) is 59.6 Å². The summed E-state index contributed by atoms with van der Waals surface area (Å²) in [6.07, 6.45) is 4.23. The number of carbonyl (C=O) groups excluding carboxylic acids is 3. The van der Waals surface area contributed by atoms with Crippen LogP contribution in [0.5, 0.6) is 0 Å². The molecule has 8 nitrogen and oxygen atoms in total. The SMILES string of the molecule is Cc1cccc(NC(=NC2CCCCN(CC(=O)N3CCCC3)C2=O)NC(=O)c2ccccc2)c1. The second kappa shape index (κ2) is 11.6. The molecule has 2 saturated heterocycles. The molecule has 2 aliphatic rings. The van der Waals surface area contributed by atoms with Gasteiger partial charge in [0.2, 0.25) is 17.8 Å². The lowest BCUT2D eigenvalue weighted by molar-refractivity contribution is -0.140. The normalized spacial score (nSPS) is 18.8. The van der Waals surface area contributed by atoms with E-state index in [4.69, 9.17) is 0 Å². The Morgan fingerprint density at radius 3 is 2.46 bits per heavy atom. The molecule has 8 heteroatoms. The summed E-state index contributed by atoms with van der Waals surface area (Å²) >= 11 is 0. The molecular weight excluding hydrogens is 442 g/mol. The van der Waals surface area contributed by atoms with Gasteiger partial charge in [-0.05, 0) is 68.9 Å². The maximum Gasteiger partial charge on any atom is 0.257 e. The van der Waals surface area contributed by atoms with Crippen molar-refractivity contribution in [3.05, 3.63) is 65.7 Å². The van der Waals surface area contributed by atoms with Crippen LogP contribution in [-0.2, 0) is 9.59 Å². The molecule has 0 radical (unpaired) electrons. The van der Waals surface area contributed by atoms with E-state index in [-0.39, 0.29) is 30.2 Å². The van der Waals surface area contributed by atoms with E-state index in [9.17, 15) is 14.4 Å². The predicted octanol–water partition coefficient (Wildman–Crippen LogP) is 3.20. The molecule has 2 N–H and O–H groups in total. The van der Waals surface area contributed by atoms with Gasteiger partial charge in [0.15, 0.2) is 0 Å². The van der Waals surface area contributed by atoms with Gasteiger partial charge in [0, 0.05) is 30.9 Å². The number of aliphatic imine (C=N–C) groups is 1. The lowest BCUT2D eigenvalue weighted by Gasteiger charge is -2.25. The summed E-state index contributed by atoms with van der Waals surface area (Å²) in [7, 11) is 0. The standard InChI is InChI=1S/C27H33N5O3/c1-20-10-9-13-22(18-20)28-27(30-25(34)21-11-3-2-4-12-21)29-23-14-5-6-17-32(26(23)35)19-24(33)31-15-7-8-16-31/h2-4,9-13,18,23H,5-8,14-17,19H2,1H3,(H2,28,29,30,34). The number of aryl methyl sites for hydroxylation is 1. The first-order valence-electron chi connectivity index (χ1n) is 12.3. The molecule has 0 saturated carbocycles. The van der Waals surface area contributed by atoms with E-state index in [1.165, 1.54) is 0 Å². The van der Waals surface area contributed by atoms with Crippen LogP contribution in [0.25, 0.3) is 0 Å². The molecule has 2 heterocycles. The average Bonchev–Trinajstić information content (AvgIpc) is 3.35. The highest BCUT2D eigenvalue weighted by molar-refractivity contribution is 6.10. The predicted molar refractivity (Wildman–Crippen MR) is 136 cm³/mol. The van der Waals surface area contributed by atoms with E-state index < -0.39 is 6.04 Å². The van der Waals surface area contributed by atoms with Crippen molar-refractivity contribution in [2.75, 3.05) is 31.5 Å². The number of hydrogen-bond acceptors (Lipinski definition) is 4. The number of guanidine groups is 1. The fraction of sp³-hybridized carbons (Fsp3) is 0.407. The number of carbonyl (C=O) groups is 3. The van der Waals surface area contributed by atoms with Crippen molar-refractivity contribution in [1.82, 2.24) is 15.1 Å². The minimum Gasteiger partial charge on any atom is -0.341 e. The summed E-state index contributed by atoms with van der Waals surface area (Å²) in [6.45, 7) is 4.13. The number of anilines is 1. The van der Waals surface area contributed by atoms with Crippen LogP contribution < -0.4 is 10.6 Å². The quantitative estimate of drug-likeness (QED) is 0.513. The second-order valence-corrected chi connectivity index (χ2v) is 9.15. The number of amides is 3. The minimum absolute atomic E-state index is 0.00373. The molecular formula is C27H33N5O3.